The van der Waals surface area contributed by atoms with Crippen LogP contribution in [-0.4, -0.2) is 43.7 Å². The Kier molecular flexibility index (Phi) is 6.27. The molecular weight excluding hydrogens is 416 g/mol. The Morgan fingerprint density at radius 3 is 2.65 bits per heavy atom. The minimum absolute atomic E-state index is 0.102. The molecule has 4 rings (SSSR count). The van der Waals surface area contributed by atoms with Crippen LogP contribution in [0.1, 0.15) is 5.56 Å². The van der Waals surface area contributed by atoms with Gasteiger partial charge in [0.15, 0.2) is 5.16 Å². The van der Waals surface area contributed by atoms with E-state index in [0.717, 1.165) is 16.9 Å². The van der Waals surface area contributed by atoms with Crippen molar-refractivity contribution in [3.05, 3.63) is 60.2 Å². The van der Waals surface area contributed by atoms with Crippen molar-refractivity contribution in [1.82, 2.24) is 30.2 Å². The summed E-state index contributed by atoms with van der Waals surface area (Å²) in [5.74, 6) is 2.07. The summed E-state index contributed by atoms with van der Waals surface area (Å²) in [4.78, 5) is 16.6. The first-order valence-electron chi connectivity index (χ1n) is 9.45. The molecule has 0 aliphatic rings. The summed E-state index contributed by atoms with van der Waals surface area (Å²) in [6.45, 7) is 0.442. The Labute approximate surface area is 182 Å². The second-order valence-electron chi connectivity index (χ2n) is 6.57. The van der Waals surface area contributed by atoms with Gasteiger partial charge in [-0.15, -0.1) is 10.2 Å². The third-order valence-corrected chi connectivity index (χ3v) is 5.49. The maximum Gasteiger partial charge on any atom is 0.296 e. The van der Waals surface area contributed by atoms with Crippen molar-refractivity contribution in [1.29, 1.82) is 0 Å². The van der Waals surface area contributed by atoms with E-state index in [-0.39, 0.29) is 17.6 Å². The molecule has 4 aromatic rings. The molecule has 0 unspecified atom stereocenters. The molecule has 0 fully saturated rings. The predicted octanol–water partition coefficient (Wildman–Crippen LogP) is 2.95. The summed E-state index contributed by atoms with van der Waals surface area (Å²) in [5.41, 5.74) is 1.84. The van der Waals surface area contributed by atoms with Crippen LogP contribution in [0.5, 0.6) is 5.75 Å². The zero-order valence-electron chi connectivity index (χ0n) is 17.0. The van der Waals surface area contributed by atoms with Gasteiger partial charge < -0.3 is 19.1 Å². The van der Waals surface area contributed by atoms with Crippen molar-refractivity contribution in [2.24, 2.45) is 7.05 Å². The van der Waals surface area contributed by atoms with E-state index >= 15 is 0 Å². The molecule has 0 spiro atoms. The average Bonchev–Trinajstić information content (AvgIpc) is 3.44. The van der Waals surface area contributed by atoms with Crippen LogP contribution >= 0.6 is 11.8 Å². The zero-order chi connectivity index (χ0) is 21.6. The lowest BCUT2D eigenvalue weighted by Gasteiger charge is -2.06. The maximum absolute atomic E-state index is 12.2. The molecule has 158 valence electrons. The fourth-order valence-corrected chi connectivity index (χ4v) is 3.51. The molecule has 0 bridgehead atoms. The minimum atomic E-state index is -0.102. The molecule has 31 heavy (non-hydrogen) atoms. The average molecular weight is 436 g/mol. The summed E-state index contributed by atoms with van der Waals surface area (Å²) in [5, 5.41) is 15.7. The van der Waals surface area contributed by atoms with Gasteiger partial charge in [-0.1, -0.05) is 59.4 Å². The largest absolute Gasteiger partial charge is 0.497 e. The van der Waals surface area contributed by atoms with E-state index in [9.17, 15) is 4.79 Å². The number of benzene rings is 2. The summed E-state index contributed by atoms with van der Waals surface area (Å²) in [6, 6.07) is 17.1. The van der Waals surface area contributed by atoms with E-state index in [4.69, 9.17) is 9.26 Å². The molecule has 0 saturated carbocycles. The van der Waals surface area contributed by atoms with Crippen LogP contribution < -0.4 is 10.1 Å². The number of hydrogen-bond donors (Lipinski definition) is 1. The minimum Gasteiger partial charge on any atom is -0.497 e. The second kappa shape index (κ2) is 9.43. The molecule has 1 amide bonds. The Morgan fingerprint density at radius 2 is 1.90 bits per heavy atom. The molecule has 1 N–H and O–H groups in total. The summed E-state index contributed by atoms with van der Waals surface area (Å²) in [7, 11) is 3.41. The smallest absolute Gasteiger partial charge is 0.296 e. The van der Waals surface area contributed by atoms with E-state index in [0.29, 0.717) is 23.4 Å². The number of amides is 1. The molecule has 0 radical (unpaired) electrons. The molecule has 10 heteroatoms. The monoisotopic (exact) mass is 436 g/mol. The van der Waals surface area contributed by atoms with Gasteiger partial charge in [-0.05, 0) is 17.7 Å². The fourth-order valence-electron chi connectivity index (χ4n) is 2.77. The predicted molar refractivity (Wildman–Crippen MR) is 115 cm³/mol. The first kappa shape index (κ1) is 20.6. The Bertz CT molecular complexity index is 1160. The van der Waals surface area contributed by atoms with Gasteiger partial charge in [-0.2, -0.15) is 4.98 Å². The van der Waals surface area contributed by atoms with E-state index < -0.39 is 0 Å². The SMILES string of the molecule is COc1ccc(CNC(=O)CSc2nnc(-c3nc(-c4ccccc4)no3)n2C)cc1. The van der Waals surface area contributed by atoms with Gasteiger partial charge in [0.2, 0.25) is 17.6 Å². The molecule has 9 nitrogen and oxygen atoms in total. The highest BCUT2D eigenvalue weighted by Gasteiger charge is 2.19. The highest BCUT2D eigenvalue weighted by atomic mass is 32.2. The van der Waals surface area contributed by atoms with Crippen LogP contribution in [0.15, 0.2) is 64.3 Å². The fraction of sp³-hybridized carbons (Fsp3) is 0.190. The van der Waals surface area contributed by atoms with Gasteiger partial charge in [0, 0.05) is 19.2 Å². The van der Waals surface area contributed by atoms with Crippen LogP contribution in [0, 0.1) is 0 Å². The van der Waals surface area contributed by atoms with Crippen molar-refractivity contribution < 1.29 is 14.1 Å². The quantitative estimate of drug-likeness (QED) is 0.420. The van der Waals surface area contributed by atoms with Crippen LogP contribution in [0.3, 0.4) is 0 Å². The van der Waals surface area contributed by atoms with Crippen LogP contribution in [0.2, 0.25) is 0 Å². The molecule has 0 saturated heterocycles. The van der Waals surface area contributed by atoms with Crippen LogP contribution in [0.25, 0.3) is 23.1 Å². The molecule has 0 aliphatic carbocycles. The van der Waals surface area contributed by atoms with E-state index in [2.05, 4.69) is 25.7 Å². The molecule has 2 aromatic heterocycles. The Hall–Kier alpha value is -3.66. The van der Waals surface area contributed by atoms with E-state index in [1.54, 1.807) is 18.7 Å². The molecule has 0 atom stereocenters. The number of methoxy groups -OCH3 is 1. The number of ether oxygens (including phenoxy) is 1. The van der Waals surface area contributed by atoms with Crippen LogP contribution in [-0.2, 0) is 18.4 Å². The standard InChI is InChI=1S/C21H20N6O3S/c1-27-19(20-23-18(26-30-20)15-6-4-3-5-7-15)24-25-21(27)31-13-17(28)22-12-14-8-10-16(29-2)11-9-14/h3-11H,12-13H2,1-2H3,(H,22,28). The second-order valence-corrected chi connectivity index (χ2v) is 7.51. The number of rotatable bonds is 8. The number of thioether (sulfide) groups is 1. The molecular formula is C21H20N6O3S. The first-order valence-corrected chi connectivity index (χ1v) is 10.4. The van der Waals surface area contributed by atoms with Crippen molar-refractivity contribution in [3.63, 3.8) is 0 Å². The number of nitrogens with zero attached hydrogens (tertiary/aromatic N) is 5. The Balaban J connectivity index is 1.34. The lowest BCUT2D eigenvalue weighted by Crippen LogP contribution is -2.24. The van der Waals surface area contributed by atoms with Crippen molar-refractivity contribution in [3.8, 4) is 28.9 Å². The number of nitrogens with one attached hydrogen (secondary N) is 1. The van der Waals surface area contributed by atoms with Crippen molar-refractivity contribution in [2.75, 3.05) is 12.9 Å². The normalized spacial score (nSPS) is 10.8. The first-order chi connectivity index (χ1) is 15.1. The topological polar surface area (TPSA) is 108 Å². The third-order valence-electron chi connectivity index (χ3n) is 4.47. The number of aromatic nitrogens is 5. The highest BCUT2D eigenvalue weighted by Crippen LogP contribution is 2.24. The van der Waals surface area contributed by atoms with Crippen molar-refractivity contribution >= 4 is 17.7 Å². The van der Waals surface area contributed by atoms with Gasteiger partial charge in [0.1, 0.15) is 5.75 Å². The van der Waals surface area contributed by atoms with Gasteiger partial charge in [-0.25, -0.2) is 0 Å². The lowest BCUT2D eigenvalue weighted by molar-refractivity contribution is -0.118. The van der Waals surface area contributed by atoms with Gasteiger partial charge >= 0.3 is 0 Å². The lowest BCUT2D eigenvalue weighted by atomic mass is 10.2. The highest BCUT2D eigenvalue weighted by molar-refractivity contribution is 7.99. The number of carbonyl (C=O) groups is 1. The summed E-state index contributed by atoms with van der Waals surface area (Å²) < 4.78 is 12.2. The number of hydrogen-bond acceptors (Lipinski definition) is 8. The van der Waals surface area contributed by atoms with E-state index in [1.807, 2.05) is 54.6 Å². The molecule has 2 heterocycles. The van der Waals surface area contributed by atoms with Gasteiger partial charge in [0.25, 0.3) is 5.89 Å². The molecule has 2 aromatic carbocycles. The van der Waals surface area contributed by atoms with E-state index in [1.165, 1.54) is 11.8 Å². The summed E-state index contributed by atoms with van der Waals surface area (Å²) >= 11 is 1.28. The zero-order valence-corrected chi connectivity index (χ0v) is 17.8. The van der Waals surface area contributed by atoms with Gasteiger partial charge in [-0.3, -0.25) is 4.79 Å². The van der Waals surface area contributed by atoms with Crippen LogP contribution in [0.4, 0.5) is 0 Å². The van der Waals surface area contributed by atoms with Crippen molar-refractivity contribution in [2.45, 2.75) is 11.7 Å². The third kappa shape index (κ3) is 4.92. The van der Waals surface area contributed by atoms with Gasteiger partial charge in [0.05, 0.1) is 12.9 Å². The molecule has 0 aliphatic heterocycles. The number of carbonyl (C=O) groups excluding carboxylic acids is 1. The summed E-state index contributed by atoms with van der Waals surface area (Å²) in [6.07, 6.45) is 0. The Morgan fingerprint density at radius 1 is 1.13 bits per heavy atom. The maximum atomic E-state index is 12.2.